The summed E-state index contributed by atoms with van der Waals surface area (Å²) in [7, 11) is 0. The first-order chi connectivity index (χ1) is 16.5. The topological polar surface area (TPSA) is 93.9 Å². The minimum absolute atomic E-state index is 0.0339. The second-order valence-corrected chi connectivity index (χ2v) is 8.49. The molecule has 2 aliphatic rings. The fourth-order valence-electron chi connectivity index (χ4n) is 4.29. The molecule has 3 heterocycles. The maximum Gasteiger partial charge on any atom is 0.295 e. The molecule has 0 aliphatic carbocycles. The van der Waals surface area contributed by atoms with Crippen LogP contribution < -0.4 is 9.47 Å². The minimum atomic E-state index is -0.742. The van der Waals surface area contributed by atoms with E-state index in [1.54, 1.807) is 55.0 Å². The number of benzene rings is 2. The number of aromatic nitrogens is 2. The van der Waals surface area contributed by atoms with Crippen LogP contribution in [0.4, 0.5) is 0 Å². The number of carbonyl (C=O) groups is 2. The summed E-state index contributed by atoms with van der Waals surface area (Å²) in [6.07, 6.45) is 5.84. The lowest BCUT2D eigenvalue weighted by Gasteiger charge is -2.25. The van der Waals surface area contributed by atoms with Crippen LogP contribution in [0, 0.1) is 0 Å². The number of hydrogen-bond donors (Lipinski definition) is 1. The van der Waals surface area contributed by atoms with Gasteiger partial charge < -0.3 is 24.0 Å². The molecule has 174 valence electrons. The molecule has 0 spiro atoms. The molecular formula is C25H22ClN3O5. The number of rotatable bonds is 6. The molecule has 1 fully saturated rings. The predicted molar refractivity (Wildman–Crippen MR) is 125 cm³/mol. The zero-order chi connectivity index (χ0) is 23.7. The number of hydrogen-bond acceptors (Lipinski definition) is 6. The number of carbonyl (C=O) groups excluding carboxylic acids is 2. The molecule has 0 unspecified atom stereocenters. The number of ether oxygens (including phenoxy) is 2. The normalized spacial score (nSPS) is 19.0. The molecule has 1 aromatic heterocycles. The highest BCUT2D eigenvalue weighted by Gasteiger charge is 2.45. The van der Waals surface area contributed by atoms with Crippen LogP contribution in [0.1, 0.15) is 23.6 Å². The van der Waals surface area contributed by atoms with E-state index in [9.17, 15) is 14.7 Å². The summed E-state index contributed by atoms with van der Waals surface area (Å²) < 4.78 is 13.1. The Kier molecular flexibility index (Phi) is 5.98. The SMILES string of the molecule is O=C1C(=O)N(CCCn2ccnc2)[C@@H](c2ccc(Cl)cc2)/C1=C(\O)c1ccc2c(c1)OCCO2. The van der Waals surface area contributed by atoms with Crippen molar-refractivity contribution in [2.75, 3.05) is 19.8 Å². The molecule has 5 rings (SSSR count). The van der Waals surface area contributed by atoms with E-state index in [4.69, 9.17) is 21.1 Å². The van der Waals surface area contributed by atoms with Crippen LogP contribution in [-0.2, 0) is 16.1 Å². The van der Waals surface area contributed by atoms with Gasteiger partial charge in [0.2, 0.25) is 0 Å². The third kappa shape index (κ3) is 4.12. The van der Waals surface area contributed by atoms with Gasteiger partial charge in [0.05, 0.1) is 17.9 Å². The Balaban J connectivity index is 1.53. The Bertz CT molecular complexity index is 1250. The average molecular weight is 480 g/mol. The molecule has 1 amide bonds. The molecule has 1 saturated heterocycles. The molecule has 9 heteroatoms. The van der Waals surface area contributed by atoms with Crippen LogP contribution in [0.15, 0.2) is 66.8 Å². The molecule has 2 aliphatic heterocycles. The first-order valence-corrected chi connectivity index (χ1v) is 11.3. The molecule has 2 aromatic carbocycles. The third-order valence-corrected chi connectivity index (χ3v) is 6.17. The quantitative estimate of drug-likeness (QED) is 0.328. The molecule has 1 atom stereocenters. The van der Waals surface area contributed by atoms with Crippen molar-refractivity contribution in [1.29, 1.82) is 0 Å². The number of Topliss-reactive ketones (excluding diaryl/α,β-unsaturated/α-hetero) is 1. The molecule has 0 bridgehead atoms. The molecule has 1 N–H and O–H groups in total. The van der Waals surface area contributed by atoms with Crippen LogP contribution in [0.5, 0.6) is 11.5 Å². The van der Waals surface area contributed by atoms with E-state index in [-0.39, 0.29) is 11.3 Å². The first kappa shape index (κ1) is 22.0. The summed E-state index contributed by atoms with van der Waals surface area (Å²) in [4.78, 5) is 31.8. The highest BCUT2D eigenvalue weighted by atomic mass is 35.5. The van der Waals surface area contributed by atoms with Gasteiger partial charge in [0.15, 0.2) is 11.5 Å². The minimum Gasteiger partial charge on any atom is -0.507 e. The van der Waals surface area contributed by atoms with Gasteiger partial charge in [0.25, 0.3) is 11.7 Å². The fraction of sp³-hybridized carbons (Fsp3) is 0.240. The van der Waals surface area contributed by atoms with Gasteiger partial charge in [-0.25, -0.2) is 4.98 Å². The number of ketones is 1. The van der Waals surface area contributed by atoms with Gasteiger partial charge in [-0.1, -0.05) is 23.7 Å². The second kappa shape index (κ2) is 9.23. The van der Waals surface area contributed by atoms with Gasteiger partial charge in [-0.2, -0.15) is 0 Å². The van der Waals surface area contributed by atoms with Crippen LogP contribution in [0.25, 0.3) is 5.76 Å². The number of fused-ring (bicyclic) bond motifs is 1. The van der Waals surface area contributed by atoms with Crippen molar-refractivity contribution >= 4 is 29.1 Å². The van der Waals surface area contributed by atoms with Crippen molar-refractivity contribution in [3.63, 3.8) is 0 Å². The Labute approximate surface area is 201 Å². The lowest BCUT2D eigenvalue weighted by Crippen LogP contribution is -2.31. The molecule has 0 saturated carbocycles. The standard InChI is InChI=1S/C25H22ClN3O5/c26-18-5-2-16(3-6-18)22-21(23(30)17-4-7-19-20(14-17)34-13-12-33-19)24(31)25(32)29(22)10-1-9-28-11-8-27-15-28/h2-8,11,14-15,22,30H,1,9-10,12-13H2/b23-21+/t22-/m0/s1. The van der Waals surface area contributed by atoms with Gasteiger partial charge in [0.1, 0.15) is 19.0 Å². The summed E-state index contributed by atoms with van der Waals surface area (Å²) >= 11 is 6.07. The third-order valence-electron chi connectivity index (χ3n) is 5.92. The Hall–Kier alpha value is -3.78. The van der Waals surface area contributed by atoms with Gasteiger partial charge >= 0.3 is 0 Å². The predicted octanol–water partition coefficient (Wildman–Crippen LogP) is 3.82. The van der Waals surface area contributed by atoms with Gasteiger partial charge in [0, 0.05) is 36.1 Å². The van der Waals surface area contributed by atoms with E-state index >= 15 is 0 Å². The van der Waals surface area contributed by atoms with Gasteiger partial charge in [-0.15, -0.1) is 0 Å². The zero-order valence-corrected chi connectivity index (χ0v) is 18.9. The lowest BCUT2D eigenvalue weighted by molar-refractivity contribution is -0.139. The van der Waals surface area contributed by atoms with Crippen molar-refractivity contribution in [3.8, 4) is 11.5 Å². The van der Waals surface area contributed by atoms with E-state index in [0.717, 1.165) is 0 Å². The van der Waals surface area contributed by atoms with Gasteiger partial charge in [-0.05, 0) is 42.3 Å². The molecule has 3 aromatic rings. The largest absolute Gasteiger partial charge is 0.507 e. The number of likely N-dealkylation sites (tertiary alicyclic amines) is 1. The number of aryl methyl sites for hydroxylation is 1. The zero-order valence-electron chi connectivity index (χ0n) is 18.2. The summed E-state index contributed by atoms with van der Waals surface area (Å²) in [6, 6.07) is 11.1. The Morgan fingerprint density at radius 2 is 1.82 bits per heavy atom. The second-order valence-electron chi connectivity index (χ2n) is 8.06. The van der Waals surface area contributed by atoms with E-state index in [0.29, 0.717) is 60.4 Å². The summed E-state index contributed by atoms with van der Waals surface area (Å²) in [5, 5.41) is 11.8. The number of imidazole rings is 1. The number of amides is 1. The smallest absolute Gasteiger partial charge is 0.295 e. The fourth-order valence-corrected chi connectivity index (χ4v) is 4.42. The monoisotopic (exact) mass is 479 g/mol. The van der Waals surface area contributed by atoms with E-state index in [1.165, 1.54) is 4.90 Å². The van der Waals surface area contributed by atoms with Crippen LogP contribution in [-0.4, -0.2) is 51.0 Å². The maximum absolute atomic E-state index is 13.2. The van der Waals surface area contributed by atoms with E-state index < -0.39 is 17.7 Å². The summed E-state index contributed by atoms with van der Waals surface area (Å²) in [5.41, 5.74) is 1.09. The molecule has 34 heavy (non-hydrogen) atoms. The molecular weight excluding hydrogens is 458 g/mol. The Morgan fingerprint density at radius 3 is 2.56 bits per heavy atom. The van der Waals surface area contributed by atoms with Crippen molar-refractivity contribution < 1.29 is 24.2 Å². The van der Waals surface area contributed by atoms with Crippen LogP contribution in [0.3, 0.4) is 0 Å². The van der Waals surface area contributed by atoms with E-state index in [1.807, 2.05) is 10.8 Å². The number of aliphatic hydroxyl groups is 1. The Morgan fingerprint density at radius 1 is 1.06 bits per heavy atom. The maximum atomic E-state index is 13.2. The summed E-state index contributed by atoms with van der Waals surface area (Å²) in [5.74, 6) is -0.586. The molecule has 8 nitrogen and oxygen atoms in total. The van der Waals surface area contributed by atoms with Crippen molar-refractivity contribution in [2.24, 2.45) is 0 Å². The van der Waals surface area contributed by atoms with Crippen LogP contribution >= 0.6 is 11.6 Å². The number of aliphatic hydroxyl groups excluding tert-OH is 1. The first-order valence-electron chi connectivity index (χ1n) is 10.9. The van der Waals surface area contributed by atoms with Gasteiger partial charge in [-0.3, -0.25) is 9.59 Å². The summed E-state index contributed by atoms with van der Waals surface area (Å²) in [6.45, 7) is 1.80. The van der Waals surface area contributed by atoms with Crippen LogP contribution in [0.2, 0.25) is 5.02 Å². The van der Waals surface area contributed by atoms with Crippen molar-refractivity contribution in [1.82, 2.24) is 14.5 Å². The highest BCUT2D eigenvalue weighted by molar-refractivity contribution is 6.46. The highest BCUT2D eigenvalue weighted by Crippen LogP contribution is 2.41. The van der Waals surface area contributed by atoms with Crippen molar-refractivity contribution in [2.45, 2.75) is 19.0 Å². The average Bonchev–Trinajstić information content (AvgIpc) is 3.46. The number of halogens is 1. The van der Waals surface area contributed by atoms with Crippen molar-refractivity contribution in [3.05, 3.63) is 82.9 Å². The van der Waals surface area contributed by atoms with E-state index in [2.05, 4.69) is 4.98 Å². The lowest BCUT2D eigenvalue weighted by atomic mass is 9.95. The molecule has 0 radical (unpaired) electrons. The number of nitrogens with zero attached hydrogens (tertiary/aromatic N) is 3.